The topological polar surface area (TPSA) is 61.0 Å². The molecule has 0 saturated heterocycles. The fourth-order valence-electron chi connectivity index (χ4n) is 1.03. The number of nitrogens with two attached hydrogens (primary N) is 1. The van der Waals surface area contributed by atoms with Gasteiger partial charge in [0.25, 0.3) is 0 Å². The lowest BCUT2D eigenvalue weighted by atomic mass is 10.5. The zero-order chi connectivity index (χ0) is 10.7. The van der Waals surface area contributed by atoms with Crippen molar-refractivity contribution in [3.63, 3.8) is 0 Å². The molecule has 0 aliphatic rings. The largest absolute Gasteiger partial charge is 0.479 e. The van der Waals surface area contributed by atoms with E-state index in [1.165, 1.54) is 25.2 Å². The van der Waals surface area contributed by atoms with Crippen molar-refractivity contribution in [1.29, 1.82) is 0 Å². The molecule has 0 amide bonds. The van der Waals surface area contributed by atoms with Crippen LogP contribution >= 0.6 is 23.1 Å². The number of methoxy groups -OCH3 is 1. The molecular weight excluding hydrogens is 230 g/mol. The van der Waals surface area contributed by atoms with E-state index in [-0.39, 0.29) is 0 Å². The third-order valence-electron chi connectivity index (χ3n) is 1.70. The first-order valence-corrected chi connectivity index (χ1v) is 5.86. The minimum atomic E-state index is 0.420. The van der Waals surface area contributed by atoms with E-state index < -0.39 is 0 Å². The molecule has 2 heterocycles. The molecule has 15 heavy (non-hydrogen) atoms. The molecule has 0 aliphatic carbocycles. The number of nitrogens with zero attached hydrogens (tertiary/aromatic N) is 2. The van der Waals surface area contributed by atoms with Crippen molar-refractivity contribution in [2.75, 3.05) is 12.8 Å². The van der Waals surface area contributed by atoms with Gasteiger partial charge in [-0.15, -0.1) is 11.3 Å². The Kier molecular flexibility index (Phi) is 3.08. The van der Waals surface area contributed by atoms with E-state index in [4.69, 9.17) is 10.5 Å². The molecule has 2 rings (SSSR count). The third-order valence-corrected chi connectivity index (χ3v) is 3.75. The van der Waals surface area contributed by atoms with Crippen molar-refractivity contribution in [2.45, 2.75) is 9.24 Å². The fourth-order valence-corrected chi connectivity index (χ4v) is 2.70. The summed E-state index contributed by atoms with van der Waals surface area (Å²) in [6.45, 7) is 0. The zero-order valence-corrected chi connectivity index (χ0v) is 9.64. The van der Waals surface area contributed by atoms with Gasteiger partial charge in [0.2, 0.25) is 5.88 Å². The van der Waals surface area contributed by atoms with E-state index in [1.54, 1.807) is 11.3 Å². The quantitative estimate of drug-likeness (QED) is 0.833. The molecule has 0 saturated carbocycles. The van der Waals surface area contributed by atoms with Crippen LogP contribution in [0.4, 0.5) is 5.69 Å². The molecule has 0 atom stereocenters. The van der Waals surface area contributed by atoms with Crippen LogP contribution in [0.1, 0.15) is 0 Å². The van der Waals surface area contributed by atoms with E-state index in [0.29, 0.717) is 11.6 Å². The Morgan fingerprint density at radius 1 is 1.47 bits per heavy atom. The van der Waals surface area contributed by atoms with E-state index >= 15 is 0 Å². The Balaban J connectivity index is 2.29. The summed E-state index contributed by atoms with van der Waals surface area (Å²) in [5, 5.41) is 2.74. The summed E-state index contributed by atoms with van der Waals surface area (Å²) in [5.74, 6) is 0.420. The number of anilines is 1. The molecule has 0 radical (unpaired) electrons. The minimum Gasteiger partial charge on any atom is -0.479 e. The van der Waals surface area contributed by atoms with E-state index in [9.17, 15) is 0 Å². The molecule has 0 spiro atoms. The predicted octanol–water partition coefficient (Wildman–Crippen LogP) is 2.28. The minimum absolute atomic E-state index is 0.420. The summed E-state index contributed by atoms with van der Waals surface area (Å²) in [6, 6.07) is 4.00. The average Bonchev–Trinajstić information content (AvgIpc) is 2.74. The molecule has 6 heteroatoms. The molecule has 0 unspecified atom stereocenters. The molecule has 0 aliphatic heterocycles. The molecule has 2 aromatic rings. The van der Waals surface area contributed by atoms with Gasteiger partial charge in [0, 0.05) is 0 Å². The number of nitrogen functional groups attached to an aromatic ring is 1. The first-order chi connectivity index (χ1) is 7.31. The average molecular weight is 239 g/mol. The molecule has 0 aromatic carbocycles. The van der Waals surface area contributed by atoms with Gasteiger partial charge in [-0.1, -0.05) is 17.8 Å². The lowest BCUT2D eigenvalue weighted by Gasteiger charge is -2.05. The molecular formula is C9H9N3OS2. The van der Waals surface area contributed by atoms with Crippen LogP contribution in [0.15, 0.2) is 33.1 Å². The SMILES string of the molecule is COc1ncnc(Sc2cccs2)c1N. The van der Waals surface area contributed by atoms with Gasteiger partial charge in [-0.05, 0) is 11.4 Å². The first kappa shape index (κ1) is 10.3. The number of hydrogen-bond acceptors (Lipinski definition) is 6. The van der Waals surface area contributed by atoms with Crippen LogP contribution in [0.3, 0.4) is 0 Å². The smallest absolute Gasteiger partial charge is 0.241 e. The Bertz CT molecular complexity index is 445. The summed E-state index contributed by atoms with van der Waals surface area (Å²) in [4.78, 5) is 8.03. The van der Waals surface area contributed by atoms with Crippen LogP contribution in [0.5, 0.6) is 5.88 Å². The van der Waals surface area contributed by atoms with Crippen molar-refractivity contribution in [3.8, 4) is 5.88 Å². The maximum absolute atomic E-state index is 5.84. The third kappa shape index (κ3) is 2.21. The highest BCUT2D eigenvalue weighted by Gasteiger charge is 2.09. The molecule has 2 aromatic heterocycles. The first-order valence-electron chi connectivity index (χ1n) is 4.17. The fraction of sp³-hybridized carbons (Fsp3) is 0.111. The van der Waals surface area contributed by atoms with Gasteiger partial charge in [-0.2, -0.15) is 4.98 Å². The highest BCUT2D eigenvalue weighted by atomic mass is 32.2. The van der Waals surface area contributed by atoms with Crippen LogP contribution in [0.2, 0.25) is 0 Å². The van der Waals surface area contributed by atoms with Crippen molar-refractivity contribution >= 4 is 28.8 Å². The van der Waals surface area contributed by atoms with Gasteiger partial charge in [0.15, 0.2) is 0 Å². The van der Waals surface area contributed by atoms with E-state index in [2.05, 4.69) is 9.97 Å². The molecule has 78 valence electrons. The van der Waals surface area contributed by atoms with Gasteiger partial charge in [0.05, 0.1) is 11.3 Å². The summed E-state index contributed by atoms with van der Waals surface area (Å²) in [7, 11) is 1.54. The second kappa shape index (κ2) is 4.50. The number of ether oxygens (including phenoxy) is 1. The maximum atomic E-state index is 5.84. The van der Waals surface area contributed by atoms with Gasteiger partial charge < -0.3 is 10.5 Å². The summed E-state index contributed by atoms with van der Waals surface area (Å²) < 4.78 is 6.16. The molecule has 2 N–H and O–H groups in total. The van der Waals surface area contributed by atoms with E-state index in [1.807, 2.05) is 17.5 Å². The molecule has 0 fully saturated rings. The number of rotatable bonds is 3. The van der Waals surface area contributed by atoms with Crippen LogP contribution in [0, 0.1) is 0 Å². The standard InChI is InChI=1S/C9H9N3OS2/c1-13-8-7(10)9(12-5-11-8)15-6-3-2-4-14-6/h2-5H,10H2,1H3. The number of thiophene rings is 1. The predicted molar refractivity (Wildman–Crippen MR) is 61.4 cm³/mol. The van der Waals surface area contributed by atoms with Gasteiger partial charge >= 0.3 is 0 Å². The Labute approximate surface area is 95.5 Å². The lowest BCUT2D eigenvalue weighted by molar-refractivity contribution is 0.397. The van der Waals surface area contributed by atoms with Gasteiger partial charge in [-0.25, -0.2) is 4.98 Å². The molecule has 0 bridgehead atoms. The second-order valence-electron chi connectivity index (χ2n) is 2.64. The Morgan fingerprint density at radius 2 is 2.33 bits per heavy atom. The lowest BCUT2D eigenvalue weighted by Crippen LogP contribution is -1.98. The van der Waals surface area contributed by atoms with Crippen molar-refractivity contribution < 1.29 is 4.74 Å². The highest BCUT2D eigenvalue weighted by Crippen LogP contribution is 2.35. The van der Waals surface area contributed by atoms with E-state index in [0.717, 1.165) is 9.24 Å². The van der Waals surface area contributed by atoms with Crippen LogP contribution in [-0.2, 0) is 0 Å². The Hall–Kier alpha value is -1.27. The monoisotopic (exact) mass is 239 g/mol. The maximum Gasteiger partial charge on any atom is 0.241 e. The molecule has 4 nitrogen and oxygen atoms in total. The van der Waals surface area contributed by atoms with Crippen LogP contribution in [0.25, 0.3) is 0 Å². The number of hydrogen-bond donors (Lipinski definition) is 1. The summed E-state index contributed by atoms with van der Waals surface area (Å²) >= 11 is 3.16. The van der Waals surface area contributed by atoms with Crippen molar-refractivity contribution in [3.05, 3.63) is 23.8 Å². The second-order valence-corrected chi connectivity index (χ2v) is 4.87. The zero-order valence-electron chi connectivity index (χ0n) is 8.01. The Morgan fingerprint density at radius 3 is 3.00 bits per heavy atom. The van der Waals surface area contributed by atoms with Gasteiger partial charge in [0.1, 0.15) is 17.0 Å². The normalized spacial score (nSPS) is 10.2. The highest BCUT2D eigenvalue weighted by molar-refractivity contribution is 8.01. The van der Waals surface area contributed by atoms with Crippen molar-refractivity contribution in [2.24, 2.45) is 0 Å². The summed E-state index contributed by atoms with van der Waals surface area (Å²) in [5.41, 5.74) is 6.33. The van der Waals surface area contributed by atoms with Crippen molar-refractivity contribution in [1.82, 2.24) is 9.97 Å². The summed E-state index contributed by atoms with van der Waals surface area (Å²) in [6.07, 6.45) is 1.45. The number of aromatic nitrogens is 2. The van der Waals surface area contributed by atoms with Gasteiger partial charge in [-0.3, -0.25) is 0 Å². The van der Waals surface area contributed by atoms with Crippen LogP contribution < -0.4 is 10.5 Å². The van der Waals surface area contributed by atoms with Crippen LogP contribution in [-0.4, -0.2) is 17.1 Å².